The van der Waals surface area contributed by atoms with Crippen molar-refractivity contribution < 1.29 is 9.90 Å². The van der Waals surface area contributed by atoms with Crippen molar-refractivity contribution in [2.24, 2.45) is 0 Å². The van der Waals surface area contributed by atoms with Crippen LogP contribution in [0.4, 0.5) is 0 Å². The van der Waals surface area contributed by atoms with E-state index in [1.54, 1.807) is 0 Å². The lowest BCUT2D eigenvalue weighted by molar-refractivity contribution is -0.139. The van der Waals surface area contributed by atoms with Crippen molar-refractivity contribution in [1.29, 1.82) is 0 Å². The van der Waals surface area contributed by atoms with Crippen molar-refractivity contribution >= 4 is 5.97 Å². The molecule has 2 rings (SSSR count). The summed E-state index contributed by atoms with van der Waals surface area (Å²) in [6.45, 7) is 0.251. The van der Waals surface area contributed by atoms with E-state index < -0.39 is 12.0 Å². The first-order chi connectivity index (χ1) is 8.22. The highest BCUT2D eigenvalue weighted by Crippen LogP contribution is 2.40. The molecule has 0 heterocycles. The number of carbonyl (C=O) groups is 1. The Morgan fingerprint density at radius 1 is 1.47 bits per heavy atom. The highest BCUT2D eigenvalue weighted by molar-refractivity contribution is 5.75. The fourth-order valence-corrected chi connectivity index (χ4v) is 1.89. The van der Waals surface area contributed by atoms with Gasteiger partial charge in [0.2, 0.25) is 0 Å². The van der Waals surface area contributed by atoms with Crippen LogP contribution in [0, 0.1) is 12.3 Å². The first kappa shape index (κ1) is 11.7. The number of nitrogens with one attached hydrogen (secondary N) is 1. The standard InChI is InChI=1S/C14H15NO2/c1-2-9-15-13(14(16)17)12-7-5-11(6-8-12)10-3-4-10/h1,5-8,10,13,15H,3-4,9H2,(H,16,17). The molecule has 0 aromatic heterocycles. The first-order valence-electron chi connectivity index (χ1n) is 5.72. The Labute approximate surface area is 101 Å². The van der Waals surface area contributed by atoms with Crippen molar-refractivity contribution in [2.75, 3.05) is 6.54 Å². The molecule has 1 atom stereocenters. The Balaban J connectivity index is 2.12. The molecule has 0 spiro atoms. The third-order valence-corrected chi connectivity index (χ3v) is 2.97. The van der Waals surface area contributed by atoms with Crippen LogP contribution >= 0.6 is 0 Å². The van der Waals surface area contributed by atoms with Crippen LogP contribution in [0.1, 0.15) is 35.9 Å². The molecule has 1 unspecified atom stereocenters. The number of hydrogen-bond donors (Lipinski definition) is 2. The zero-order valence-corrected chi connectivity index (χ0v) is 9.52. The molecule has 0 radical (unpaired) electrons. The Bertz CT molecular complexity index is 440. The van der Waals surface area contributed by atoms with E-state index in [1.807, 2.05) is 24.3 Å². The van der Waals surface area contributed by atoms with Gasteiger partial charge in [-0.2, -0.15) is 0 Å². The third kappa shape index (κ3) is 2.86. The van der Waals surface area contributed by atoms with Gasteiger partial charge in [0.05, 0.1) is 6.54 Å². The quantitative estimate of drug-likeness (QED) is 0.758. The number of terminal acetylenes is 1. The summed E-state index contributed by atoms with van der Waals surface area (Å²) in [4.78, 5) is 11.1. The third-order valence-electron chi connectivity index (χ3n) is 2.97. The van der Waals surface area contributed by atoms with E-state index in [0.29, 0.717) is 5.92 Å². The average molecular weight is 229 g/mol. The van der Waals surface area contributed by atoms with E-state index in [1.165, 1.54) is 18.4 Å². The molecule has 88 valence electrons. The number of aliphatic carboxylic acids is 1. The SMILES string of the molecule is C#CCNC(C(=O)O)c1ccc(C2CC2)cc1. The van der Waals surface area contributed by atoms with E-state index in [9.17, 15) is 4.79 Å². The Hall–Kier alpha value is -1.79. The summed E-state index contributed by atoms with van der Waals surface area (Å²) in [5, 5.41) is 11.9. The Morgan fingerprint density at radius 2 is 2.12 bits per heavy atom. The van der Waals surface area contributed by atoms with Crippen molar-refractivity contribution in [1.82, 2.24) is 5.32 Å². The van der Waals surface area contributed by atoms with E-state index in [4.69, 9.17) is 11.5 Å². The fraction of sp³-hybridized carbons (Fsp3) is 0.357. The fourth-order valence-electron chi connectivity index (χ4n) is 1.89. The molecule has 1 fully saturated rings. The van der Waals surface area contributed by atoms with Gasteiger partial charge in [-0.1, -0.05) is 30.2 Å². The lowest BCUT2D eigenvalue weighted by atomic mass is 10.0. The molecule has 0 saturated heterocycles. The van der Waals surface area contributed by atoms with Crippen molar-refractivity contribution in [3.8, 4) is 12.3 Å². The molecule has 0 aliphatic heterocycles. The van der Waals surface area contributed by atoms with Gasteiger partial charge in [0.25, 0.3) is 0 Å². The van der Waals surface area contributed by atoms with Crippen molar-refractivity contribution in [2.45, 2.75) is 24.8 Å². The monoisotopic (exact) mass is 229 g/mol. The minimum Gasteiger partial charge on any atom is -0.480 e. The van der Waals surface area contributed by atoms with Gasteiger partial charge in [-0.05, 0) is 29.9 Å². The number of hydrogen-bond acceptors (Lipinski definition) is 2. The second kappa shape index (κ2) is 5.03. The largest absolute Gasteiger partial charge is 0.480 e. The minimum absolute atomic E-state index is 0.251. The second-order valence-electron chi connectivity index (χ2n) is 4.30. The summed E-state index contributed by atoms with van der Waals surface area (Å²) >= 11 is 0. The maximum absolute atomic E-state index is 11.1. The molecule has 17 heavy (non-hydrogen) atoms. The zero-order valence-electron chi connectivity index (χ0n) is 9.52. The summed E-state index contributed by atoms with van der Waals surface area (Å²) < 4.78 is 0. The smallest absolute Gasteiger partial charge is 0.325 e. The molecule has 1 aliphatic carbocycles. The van der Waals surface area contributed by atoms with Gasteiger partial charge in [-0.15, -0.1) is 6.42 Å². The van der Waals surface area contributed by atoms with Gasteiger partial charge in [0, 0.05) is 0 Å². The van der Waals surface area contributed by atoms with Crippen LogP contribution in [0.3, 0.4) is 0 Å². The highest BCUT2D eigenvalue weighted by Gasteiger charge is 2.24. The molecule has 3 nitrogen and oxygen atoms in total. The normalized spacial score (nSPS) is 16.2. The van der Waals surface area contributed by atoms with Crippen LogP contribution in [0.2, 0.25) is 0 Å². The predicted molar refractivity (Wildman–Crippen MR) is 65.6 cm³/mol. The van der Waals surface area contributed by atoms with Gasteiger partial charge < -0.3 is 5.11 Å². The number of carboxylic acids is 1. The molecule has 1 aromatic rings. The molecule has 1 saturated carbocycles. The van der Waals surface area contributed by atoms with Crippen LogP contribution in [0.25, 0.3) is 0 Å². The molecule has 2 N–H and O–H groups in total. The molecule has 1 aromatic carbocycles. The van der Waals surface area contributed by atoms with Crippen molar-refractivity contribution in [3.63, 3.8) is 0 Å². The maximum Gasteiger partial charge on any atom is 0.325 e. The van der Waals surface area contributed by atoms with E-state index in [0.717, 1.165) is 5.56 Å². The van der Waals surface area contributed by atoms with Gasteiger partial charge >= 0.3 is 5.97 Å². The number of benzene rings is 1. The summed E-state index contributed by atoms with van der Waals surface area (Å²) in [5.74, 6) is 2.17. The van der Waals surface area contributed by atoms with Crippen LogP contribution in [-0.2, 0) is 4.79 Å². The van der Waals surface area contributed by atoms with Crippen LogP contribution in [0.5, 0.6) is 0 Å². The lowest BCUT2D eigenvalue weighted by Crippen LogP contribution is -2.28. The second-order valence-corrected chi connectivity index (χ2v) is 4.30. The number of carboxylic acid groups (broad SMARTS) is 1. The van der Waals surface area contributed by atoms with E-state index in [2.05, 4.69) is 11.2 Å². The van der Waals surface area contributed by atoms with Gasteiger partial charge in [-0.25, -0.2) is 0 Å². The topological polar surface area (TPSA) is 49.3 Å². The molecular formula is C14H15NO2. The minimum atomic E-state index is -0.903. The average Bonchev–Trinajstić information content (AvgIpc) is 3.14. The van der Waals surface area contributed by atoms with E-state index >= 15 is 0 Å². The highest BCUT2D eigenvalue weighted by atomic mass is 16.4. The van der Waals surface area contributed by atoms with Gasteiger partial charge in [0.1, 0.15) is 6.04 Å². The zero-order chi connectivity index (χ0) is 12.3. The van der Waals surface area contributed by atoms with Crippen LogP contribution in [-0.4, -0.2) is 17.6 Å². The predicted octanol–water partition coefficient (Wildman–Crippen LogP) is 1.91. The summed E-state index contributed by atoms with van der Waals surface area (Å²) in [7, 11) is 0. The summed E-state index contributed by atoms with van der Waals surface area (Å²) in [5.41, 5.74) is 2.05. The van der Waals surface area contributed by atoms with Crippen LogP contribution < -0.4 is 5.32 Å². The van der Waals surface area contributed by atoms with E-state index in [-0.39, 0.29) is 6.54 Å². The summed E-state index contributed by atoms with van der Waals surface area (Å²) in [6, 6.07) is 7.05. The molecule has 1 aliphatic rings. The molecule has 3 heteroatoms. The Kier molecular flexibility index (Phi) is 3.46. The van der Waals surface area contributed by atoms with Crippen molar-refractivity contribution in [3.05, 3.63) is 35.4 Å². The van der Waals surface area contributed by atoms with Gasteiger partial charge in [-0.3, -0.25) is 10.1 Å². The van der Waals surface area contributed by atoms with Gasteiger partial charge in [0.15, 0.2) is 0 Å². The molecule has 0 amide bonds. The first-order valence-corrected chi connectivity index (χ1v) is 5.72. The van der Waals surface area contributed by atoms with Crippen LogP contribution in [0.15, 0.2) is 24.3 Å². The summed E-state index contributed by atoms with van der Waals surface area (Å²) in [6.07, 6.45) is 7.62. The maximum atomic E-state index is 11.1. The lowest BCUT2D eigenvalue weighted by Gasteiger charge is -2.13. The number of rotatable bonds is 5. The Morgan fingerprint density at radius 3 is 2.59 bits per heavy atom. The molecular weight excluding hydrogens is 214 g/mol. The molecule has 0 bridgehead atoms.